The van der Waals surface area contributed by atoms with E-state index in [2.05, 4.69) is 19.2 Å². The predicted molar refractivity (Wildman–Crippen MR) is 82.6 cm³/mol. The van der Waals surface area contributed by atoms with Crippen LogP contribution in [-0.2, 0) is 4.79 Å². The Balaban J connectivity index is 2.39. The van der Waals surface area contributed by atoms with Crippen molar-refractivity contribution in [3.05, 3.63) is 0 Å². The van der Waals surface area contributed by atoms with Crippen LogP contribution in [0.5, 0.6) is 0 Å². The number of rotatable bonds is 10. The van der Waals surface area contributed by atoms with Crippen LogP contribution < -0.4 is 5.32 Å². The van der Waals surface area contributed by atoms with Gasteiger partial charge in [0.2, 0.25) is 5.91 Å². The monoisotopic (exact) mass is 284 g/mol. The normalized spacial score (nSPS) is 22.1. The van der Waals surface area contributed by atoms with Crippen molar-refractivity contribution in [1.29, 1.82) is 0 Å². The van der Waals surface area contributed by atoms with Gasteiger partial charge in [-0.05, 0) is 25.3 Å². The minimum atomic E-state index is 0.129. The Hall–Kier alpha value is -0.610. The Morgan fingerprint density at radius 3 is 2.45 bits per heavy atom. The summed E-state index contributed by atoms with van der Waals surface area (Å²) in [6.07, 6.45) is 6.78. The van der Waals surface area contributed by atoms with E-state index in [0.717, 1.165) is 26.1 Å². The van der Waals surface area contributed by atoms with E-state index < -0.39 is 0 Å². The summed E-state index contributed by atoms with van der Waals surface area (Å²) in [5, 5.41) is 12.3. The first-order valence-corrected chi connectivity index (χ1v) is 8.31. The van der Waals surface area contributed by atoms with Crippen molar-refractivity contribution in [1.82, 2.24) is 10.2 Å². The van der Waals surface area contributed by atoms with Gasteiger partial charge in [-0.1, -0.05) is 39.5 Å². The summed E-state index contributed by atoms with van der Waals surface area (Å²) in [6.45, 7) is 7.84. The second-order valence-electron chi connectivity index (χ2n) is 6.06. The highest BCUT2D eigenvalue weighted by Gasteiger charge is 2.32. The topological polar surface area (TPSA) is 52.6 Å². The van der Waals surface area contributed by atoms with E-state index in [-0.39, 0.29) is 18.4 Å². The van der Waals surface area contributed by atoms with Crippen LogP contribution >= 0.6 is 0 Å². The van der Waals surface area contributed by atoms with Crippen LogP contribution in [0.4, 0.5) is 0 Å². The van der Waals surface area contributed by atoms with Crippen LogP contribution in [0.1, 0.15) is 52.4 Å². The van der Waals surface area contributed by atoms with Crippen molar-refractivity contribution < 1.29 is 9.90 Å². The minimum Gasteiger partial charge on any atom is -0.396 e. The van der Waals surface area contributed by atoms with Crippen molar-refractivity contribution in [2.45, 2.75) is 52.4 Å². The van der Waals surface area contributed by atoms with Gasteiger partial charge in [0.25, 0.3) is 0 Å². The molecule has 1 aliphatic heterocycles. The first kappa shape index (κ1) is 17.4. The number of nitrogens with zero attached hydrogens (tertiary/aromatic N) is 1. The quantitative estimate of drug-likeness (QED) is 0.604. The Labute approximate surface area is 123 Å². The van der Waals surface area contributed by atoms with Gasteiger partial charge in [0.05, 0.1) is 5.92 Å². The molecular formula is C16H32N2O2. The number of hydrogen-bond donors (Lipinski definition) is 2. The average Bonchev–Trinajstić information content (AvgIpc) is 2.87. The lowest BCUT2D eigenvalue weighted by Crippen LogP contribution is -2.40. The maximum absolute atomic E-state index is 12.6. The van der Waals surface area contributed by atoms with Gasteiger partial charge in [0.1, 0.15) is 0 Å². The molecular weight excluding hydrogens is 252 g/mol. The first-order valence-electron chi connectivity index (χ1n) is 8.31. The first-order chi connectivity index (χ1) is 9.70. The van der Waals surface area contributed by atoms with Crippen LogP contribution in [0.15, 0.2) is 0 Å². The van der Waals surface area contributed by atoms with Crippen LogP contribution in [-0.4, -0.2) is 48.7 Å². The van der Waals surface area contributed by atoms with Crippen molar-refractivity contribution in [3.63, 3.8) is 0 Å². The second-order valence-corrected chi connectivity index (χ2v) is 6.06. The molecule has 1 amide bonds. The molecule has 0 radical (unpaired) electrons. The zero-order chi connectivity index (χ0) is 14.8. The molecule has 118 valence electrons. The molecule has 1 fully saturated rings. The molecule has 4 nitrogen and oxygen atoms in total. The van der Waals surface area contributed by atoms with Crippen molar-refractivity contribution >= 4 is 5.91 Å². The van der Waals surface area contributed by atoms with Gasteiger partial charge in [0, 0.05) is 26.2 Å². The van der Waals surface area contributed by atoms with Crippen LogP contribution in [0.3, 0.4) is 0 Å². The molecule has 0 bridgehead atoms. The molecule has 2 atom stereocenters. The summed E-state index contributed by atoms with van der Waals surface area (Å²) in [4.78, 5) is 14.6. The lowest BCUT2D eigenvalue weighted by molar-refractivity contribution is -0.136. The van der Waals surface area contributed by atoms with Gasteiger partial charge in [-0.2, -0.15) is 0 Å². The summed E-state index contributed by atoms with van der Waals surface area (Å²) < 4.78 is 0. The van der Waals surface area contributed by atoms with Crippen molar-refractivity contribution in [3.8, 4) is 0 Å². The third kappa shape index (κ3) is 5.80. The van der Waals surface area contributed by atoms with Crippen LogP contribution in [0, 0.1) is 11.8 Å². The highest BCUT2D eigenvalue weighted by atomic mass is 16.3. The highest BCUT2D eigenvalue weighted by Crippen LogP contribution is 2.19. The summed E-state index contributed by atoms with van der Waals surface area (Å²) >= 11 is 0. The number of unbranched alkanes of at least 4 members (excludes halogenated alkanes) is 4. The molecule has 1 saturated heterocycles. The fourth-order valence-electron chi connectivity index (χ4n) is 2.88. The Bertz CT molecular complexity index is 271. The van der Waals surface area contributed by atoms with Gasteiger partial charge in [-0.25, -0.2) is 0 Å². The van der Waals surface area contributed by atoms with Gasteiger partial charge in [-0.3, -0.25) is 4.79 Å². The van der Waals surface area contributed by atoms with E-state index in [9.17, 15) is 4.79 Å². The molecule has 0 aliphatic carbocycles. The molecule has 0 aromatic carbocycles. The molecule has 2 unspecified atom stereocenters. The molecule has 0 spiro atoms. The van der Waals surface area contributed by atoms with Crippen molar-refractivity contribution in [2.24, 2.45) is 11.8 Å². The van der Waals surface area contributed by atoms with Gasteiger partial charge < -0.3 is 15.3 Å². The fourth-order valence-corrected chi connectivity index (χ4v) is 2.88. The summed E-state index contributed by atoms with van der Waals surface area (Å²) in [7, 11) is 0. The largest absolute Gasteiger partial charge is 0.396 e. The predicted octanol–water partition coefficient (Wildman–Crippen LogP) is 2.02. The van der Waals surface area contributed by atoms with Crippen molar-refractivity contribution in [2.75, 3.05) is 32.8 Å². The number of carbonyl (C=O) groups excluding carboxylic acids is 1. The molecule has 2 N–H and O–H groups in total. The van der Waals surface area contributed by atoms with Gasteiger partial charge >= 0.3 is 0 Å². The standard InChI is InChI=1S/C16H32N2O2/c1-3-4-5-6-7-9-18(10-8-11-19)16(20)15-13-17-12-14(15)2/h14-15,17,19H,3-13H2,1-2H3. The maximum Gasteiger partial charge on any atom is 0.227 e. The summed E-state index contributed by atoms with van der Waals surface area (Å²) in [5.41, 5.74) is 0. The lowest BCUT2D eigenvalue weighted by atomic mass is 9.96. The number of nitrogens with one attached hydrogen (secondary N) is 1. The number of amides is 1. The van der Waals surface area contributed by atoms with Gasteiger partial charge in [0.15, 0.2) is 0 Å². The molecule has 0 aromatic heterocycles. The second kappa shape index (κ2) is 10.2. The molecule has 1 aliphatic rings. The number of hydrogen-bond acceptors (Lipinski definition) is 3. The van der Waals surface area contributed by atoms with E-state index in [0.29, 0.717) is 18.9 Å². The minimum absolute atomic E-state index is 0.129. The zero-order valence-corrected chi connectivity index (χ0v) is 13.2. The fraction of sp³-hybridized carbons (Fsp3) is 0.938. The van der Waals surface area contributed by atoms with E-state index in [1.165, 1.54) is 25.7 Å². The number of aliphatic hydroxyl groups is 1. The van der Waals surface area contributed by atoms with E-state index in [4.69, 9.17) is 5.11 Å². The third-order valence-corrected chi connectivity index (χ3v) is 4.26. The molecule has 4 heteroatoms. The summed E-state index contributed by atoms with van der Waals surface area (Å²) in [6, 6.07) is 0. The maximum atomic E-state index is 12.6. The zero-order valence-electron chi connectivity index (χ0n) is 13.2. The Morgan fingerprint density at radius 2 is 1.85 bits per heavy atom. The van der Waals surface area contributed by atoms with Crippen LogP contribution in [0.25, 0.3) is 0 Å². The third-order valence-electron chi connectivity index (χ3n) is 4.26. The van der Waals surface area contributed by atoms with Crippen LogP contribution in [0.2, 0.25) is 0 Å². The smallest absolute Gasteiger partial charge is 0.227 e. The Morgan fingerprint density at radius 1 is 1.15 bits per heavy atom. The Kier molecular flexibility index (Phi) is 8.86. The molecule has 1 rings (SSSR count). The SMILES string of the molecule is CCCCCCCN(CCCO)C(=O)C1CNCC1C. The number of aliphatic hydroxyl groups excluding tert-OH is 1. The number of carbonyl (C=O) groups is 1. The van der Waals surface area contributed by atoms with E-state index in [1.807, 2.05) is 4.90 Å². The summed E-state index contributed by atoms with van der Waals surface area (Å²) in [5.74, 6) is 0.843. The van der Waals surface area contributed by atoms with E-state index in [1.54, 1.807) is 0 Å². The molecule has 0 saturated carbocycles. The van der Waals surface area contributed by atoms with E-state index >= 15 is 0 Å². The molecule has 1 heterocycles. The molecule has 20 heavy (non-hydrogen) atoms. The highest BCUT2D eigenvalue weighted by molar-refractivity contribution is 5.79. The van der Waals surface area contributed by atoms with Gasteiger partial charge in [-0.15, -0.1) is 0 Å². The lowest BCUT2D eigenvalue weighted by Gasteiger charge is -2.27. The average molecular weight is 284 g/mol. The molecule has 0 aromatic rings.